The summed E-state index contributed by atoms with van der Waals surface area (Å²) in [7, 11) is 0. The first-order valence-corrected chi connectivity index (χ1v) is 5.57. The van der Waals surface area contributed by atoms with Crippen LogP contribution in [0.3, 0.4) is 0 Å². The highest BCUT2D eigenvalue weighted by atomic mass is 16.2. The molecule has 0 saturated carbocycles. The van der Waals surface area contributed by atoms with E-state index >= 15 is 0 Å². The third-order valence-corrected chi connectivity index (χ3v) is 3.19. The topological polar surface area (TPSA) is 55.1 Å². The van der Waals surface area contributed by atoms with Crippen LogP contribution in [0.2, 0.25) is 0 Å². The number of carbonyl (C=O) groups excluding carboxylic acids is 1. The van der Waals surface area contributed by atoms with Crippen molar-refractivity contribution in [1.29, 1.82) is 0 Å². The van der Waals surface area contributed by atoms with Gasteiger partial charge >= 0.3 is 0 Å². The van der Waals surface area contributed by atoms with E-state index in [1.807, 2.05) is 13.8 Å². The van der Waals surface area contributed by atoms with Crippen LogP contribution < -0.4 is 11.1 Å². The zero-order chi connectivity index (χ0) is 11.2. The average Bonchev–Trinajstić information content (AvgIpc) is 2.24. The summed E-state index contributed by atoms with van der Waals surface area (Å²) in [4.78, 5) is 11.7. The van der Waals surface area contributed by atoms with Crippen LogP contribution in [0.15, 0.2) is 0 Å². The van der Waals surface area contributed by atoms with E-state index in [-0.39, 0.29) is 17.4 Å². The van der Waals surface area contributed by atoms with E-state index in [4.69, 9.17) is 5.73 Å². The maximum Gasteiger partial charge on any atom is 0.223 e. The molecular formula is C11H24N2O. The fraction of sp³-hybridized carbons (Fsp3) is 0.909. The van der Waals surface area contributed by atoms with Crippen molar-refractivity contribution >= 4 is 5.91 Å². The minimum atomic E-state index is -0.194. The quantitative estimate of drug-likeness (QED) is 0.685. The van der Waals surface area contributed by atoms with E-state index < -0.39 is 0 Å². The third-order valence-electron chi connectivity index (χ3n) is 3.19. The van der Waals surface area contributed by atoms with Crippen LogP contribution in [-0.4, -0.2) is 18.0 Å². The maximum atomic E-state index is 11.7. The van der Waals surface area contributed by atoms with Crippen LogP contribution >= 0.6 is 0 Å². The number of carbonyl (C=O) groups is 1. The van der Waals surface area contributed by atoms with Gasteiger partial charge in [0.05, 0.1) is 5.54 Å². The van der Waals surface area contributed by atoms with E-state index in [1.165, 1.54) is 0 Å². The van der Waals surface area contributed by atoms with E-state index in [0.29, 0.717) is 6.54 Å². The monoisotopic (exact) mass is 200 g/mol. The lowest BCUT2D eigenvalue weighted by Gasteiger charge is -2.32. The van der Waals surface area contributed by atoms with Crippen LogP contribution in [0.1, 0.15) is 47.0 Å². The Morgan fingerprint density at radius 3 is 2.14 bits per heavy atom. The molecule has 3 nitrogen and oxygen atoms in total. The fourth-order valence-corrected chi connectivity index (χ4v) is 1.34. The van der Waals surface area contributed by atoms with Crippen LogP contribution in [0.4, 0.5) is 0 Å². The molecule has 0 bridgehead atoms. The van der Waals surface area contributed by atoms with Gasteiger partial charge in [0.15, 0.2) is 0 Å². The smallest absolute Gasteiger partial charge is 0.223 e. The van der Waals surface area contributed by atoms with Gasteiger partial charge in [-0.2, -0.15) is 0 Å². The molecule has 84 valence electrons. The molecule has 1 atom stereocenters. The number of hydrogen-bond acceptors (Lipinski definition) is 2. The zero-order valence-electron chi connectivity index (χ0n) is 9.89. The number of rotatable bonds is 6. The Morgan fingerprint density at radius 2 is 1.86 bits per heavy atom. The van der Waals surface area contributed by atoms with Crippen molar-refractivity contribution in [1.82, 2.24) is 5.32 Å². The van der Waals surface area contributed by atoms with E-state index in [9.17, 15) is 4.79 Å². The maximum absolute atomic E-state index is 11.7. The first-order chi connectivity index (χ1) is 6.55. The lowest BCUT2D eigenvalue weighted by Crippen LogP contribution is -2.54. The molecule has 1 amide bonds. The molecule has 0 rings (SSSR count). The van der Waals surface area contributed by atoms with E-state index in [2.05, 4.69) is 19.2 Å². The highest BCUT2D eigenvalue weighted by Crippen LogP contribution is 2.14. The Morgan fingerprint density at radius 1 is 1.36 bits per heavy atom. The van der Waals surface area contributed by atoms with Crippen LogP contribution in [0.25, 0.3) is 0 Å². The molecule has 0 spiro atoms. The molecule has 0 aliphatic heterocycles. The van der Waals surface area contributed by atoms with Gasteiger partial charge in [0.1, 0.15) is 0 Å². The summed E-state index contributed by atoms with van der Waals surface area (Å²) in [5.74, 6) is 0.209. The SMILES string of the molecule is CCC(C)C(=O)NC(CC)(CC)CN. The number of nitrogens with two attached hydrogens (primary N) is 1. The number of amides is 1. The molecule has 3 heteroatoms. The van der Waals surface area contributed by atoms with E-state index in [1.54, 1.807) is 0 Å². The third kappa shape index (κ3) is 3.29. The Kier molecular flexibility index (Phi) is 5.77. The van der Waals surface area contributed by atoms with Gasteiger partial charge in [-0.1, -0.05) is 27.7 Å². The normalized spacial score (nSPS) is 13.8. The Labute approximate surface area is 87.4 Å². The summed E-state index contributed by atoms with van der Waals surface area (Å²) in [6.07, 6.45) is 2.66. The van der Waals surface area contributed by atoms with Crippen molar-refractivity contribution in [2.24, 2.45) is 11.7 Å². The highest BCUT2D eigenvalue weighted by Gasteiger charge is 2.27. The second kappa shape index (κ2) is 6.02. The van der Waals surface area contributed by atoms with Gasteiger partial charge in [-0.3, -0.25) is 4.79 Å². The second-order valence-corrected chi connectivity index (χ2v) is 3.99. The van der Waals surface area contributed by atoms with Gasteiger partial charge in [0.25, 0.3) is 0 Å². The van der Waals surface area contributed by atoms with Crippen molar-refractivity contribution < 1.29 is 4.79 Å². The molecule has 14 heavy (non-hydrogen) atoms. The van der Waals surface area contributed by atoms with Crippen molar-refractivity contribution in [3.8, 4) is 0 Å². The summed E-state index contributed by atoms with van der Waals surface area (Å²) in [5, 5.41) is 3.07. The Hall–Kier alpha value is -0.570. The molecule has 0 aromatic rings. The van der Waals surface area contributed by atoms with Gasteiger partial charge < -0.3 is 11.1 Å². The first kappa shape index (κ1) is 13.4. The standard InChI is InChI=1S/C11H24N2O/c1-5-9(4)10(14)13-11(6-2,7-3)8-12/h9H,5-8,12H2,1-4H3,(H,13,14). The minimum absolute atomic E-state index is 0.0824. The molecule has 0 aliphatic carbocycles. The fourth-order valence-electron chi connectivity index (χ4n) is 1.34. The lowest BCUT2D eigenvalue weighted by molar-refractivity contribution is -0.126. The molecule has 0 aliphatic rings. The van der Waals surface area contributed by atoms with Crippen LogP contribution in [0.5, 0.6) is 0 Å². The number of hydrogen-bond donors (Lipinski definition) is 2. The Bertz CT molecular complexity index is 168. The molecule has 3 N–H and O–H groups in total. The highest BCUT2D eigenvalue weighted by molar-refractivity contribution is 5.79. The summed E-state index contributed by atoms with van der Waals surface area (Å²) < 4.78 is 0. The Balaban J connectivity index is 4.37. The van der Waals surface area contributed by atoms with Crippen molar-refractivity contribution in [2.45, 2.75) is 52.5 Å². The van der Waals surface area contributed by atoms with Gasteiger partial charge in [-0.25, -0.2) is 0 Å². The van der Waals surface area contributed by atoms with Crippen LogP contribution in [0, 0.1) is 5.92 Å². The first-order valence-electron chi connectivity index (χ1n) is 5.57. The van der Waals surface area contributed by atoms with Gasteiger partial charge in [-0.05, 0) is 19.3 Å². The molecule has 0 heterocycles. The summed E-state index contributed by atoms with van der Waals surface area (Å²) >= 11 is 0. The molecule has 1 unspecified atom stereocenters. The molecule has 0 aromatic carbocycles. The predicted octanol–water partition coefficient (Wildman–Crippen LogP) is 1.67. The zero-order valence-corrected chi connectivity index (χ0v) is 9.89. The molecule has 0 fully saturated rings. The minimum Gasteiger partial charge on any atom is -0.349 e. The summed E-state index contributed by atoms with van der Waals surface area (Å²) in [6, 6.07) is 0. The van der Waals surface area contributed by atoms with Crippen molar-refractivity contribution in [2.75, 3.05) is 6.54 Å². The second-order valence-electron chi connectivity index (χ2n) is 3.99. The predicted molar refractivity (Wildman–Crippen MR) is 60.0 cm³/mol. The molecular weight excluding hydrogens is 176 g/mol. The van der Waals surface area contributed by atoms with Gasteiger partial charge in [0.2, 0.25) is 5.91 Å². The van der Waals surface area contributed by atoms with Crippen LogP contribution in [-0.2, 0) is 4.79 Å². The largest absolute Gasteiger partial charge is 0.349 e. The average molecular weight is 200 g/mol. The number of nitrogens with one attached hydrogen (secondary N) is 1. The van der Waals surface area contributed by atoms with Gasteiger partial charge in [0, 0.05) is 12.5 Å². The van der Waals surface area contributed by atoms with E-state index in [0.717, 1.165) is 19.3 Å². The molecule has 0 radical (unpaired) electrons. The summed E-state index contributed by atoms with van der Waals surface area (Å²) in [6.45, 7) is 8.61. The lowest BCUT2D eigenvalue weighted by atomic mass is 9.92. The molecule has 0 saturated heterocycles. The van der Waals surface area contributed by atoms with Crippen molar-refractivity contribution in [3.05, 3.63) is 0 Å². The summed E-state index contributed by atoms with van der Waals surface area (Å²) in [5.41, 5.74) is 5.51. The van der Waals surface area contributed by atoms with Crippen molar-refractivity contribution in [3.63, 3.8) is 0 Å². The molecule has 0 aromatic heterocycles. The van der Waals surface area contributed by atoms with Gasteiger partial charge in [-0.15, -0.1) is 0 Å².